The minimum Gasteiger partial charge on any atom is -0.480 e. The predicted octanol–water partition coefficient (Wildman–Crippen LogP) is 1.47. The van der Waals surface area contributed by atoms with Crippen LogP contribution in [0.4, 0.5) is 0 Å². The van der Waals surface area contributed by atoms with E-state index in [0.29, 0.717) is 0 Å². The van der Waals surface area contributed by atoms with Gasteiger partial charge in [-0.25, -0.2) is 4.72 Å². The summed E-state index contributed by atoms with van der Waals surface area (Å²) >= 11 is 4.24. The van der Waals surface area contributed by atoms with E-state index in [1.54, 1.807) is 0 Å². The van der Waals surface area contributed by atoms with Gasteiger partial charge in [-0.2, -0.15) is 0 Å². The van der Waals surface area contributed by atoms with Crippen LogP contribution in [0.5, 0.6) is 0 Å². The third kappa shape index (κ3) is 9.22. The second-order valence-electron chi connectivity index (χ2n) is 3.04. The molecule has 0 fully saturated rings. The number of rotatable bonds is 3. The second kappa shape index (κ2) is 6.40. The number of halogens is 2. The van der Waals surface area contributed by atoms with Gasteiger partial charge in [0.05, 0.1) is 0 Å². The maximum Gasteiger partial charge on any atom is 0.324 e. The van der Waals surface area contributed by atoms with E-state index in [2.05, 4.69) is 47.8 Å². The molecule has 0 aromatic rings. The summed E-state index contributed by atoms with van der Waals surface area (Å²) in [5.74, 6) is 2.25. The van der Waals surface area contributed by atoms with Crippen LogP contribution in [0.15, 0.2) is 0 Å². The van der Waals surface area contributed by atoms with Gasteiger partial charge in [0.2, 0.25) is 0 Å². The largest absolute Gasteiger partial charge is 0.480 e. The molecule has 0 rings (SSSR count). The average molecular weight is 433 g/mol. The van der Waals surface area contributed by atoms with Crippen LogP contribution in [-0.4, -0.2) is 32.9 Å². The summed E-state index contributed by atoms with van der Waals surface area (Å²) < 4.78 is 13.4. The molecule has 0 heterocycles. The molecule has 0 spiro atoms. The molecule has 13 heavy (non-hydrogen) atoms. The van der Waals surface area contributed by atoms with Gasteiger partial charge < -0.3 is 5.11 Å². The van der Waals surface area contributed by atoms with Crippen LogP contribution in [0.25, 0.3) is 0 Å². The van der Waals surface area contributed by atoms with Crippen molar-refractivity contribution in [3.63, 3.8) is 0 Å². The summed E-state index contributed by atoms with van der Waals surface area (Å²) in [5, 5.41) is 8.59. The van der Waals surface area contributed by atoms with Gasteiger partial charge >= 0.3 is 5.97 Å². The first kappa shape index (κ1) is 16.3. The maximum atomic E-state index is 11.0. The molecule has 0 aliphatic heterocycles. The Labute approximate surface area is 102 Å². The molecular weight excluding hydrogens is 420 g/mol. The number of carboxylic acid groups (broad SMARTS) is 1. The zero-order valence-corrected chi connectivity index (χ0v) is 12.8. The van der Waals surface area contributed by atoms with E-state index in [4.69, 9.17) is 5.11 Å². The fourth-order valence-corrected chi connectivity index (χ4v) is 1.75. The van der Waals surface area contributed by atoms with Gasteiger partial charge in [0, 0.05) is 53.2 Å². The number of hydrogen-bond donors (Lipinski definition) is 2. The van der Waals surface area contributed by atoms with Crippen molar-refractivity contribution in [3.8, 4) is 0 Å². The highest BCUT2D eigenvalue weighted by Crippen LogP contribution is 2.02. The zero-order valence-electron chi connectivity index (χ0n) is 7.63. The second-order valence-corrected chi connectivity index (χ2v) is 5.25. The normalized spacial score (nSPS) is 15.2. The molecule has 1 unspecified atom stereocenters. The summed E-state index contributed by atoms with van der Waals surface area (Å²) in [6.45, 7) is 2.87. The van der Waals surface area contributed by atoms with Crippen LogP contribution in [0, 0.1) is 0 Å². The van der Waals surface area contributed by atoms with Gasteiger partial charge in [0.25, 0.3) is 0 Å². The highest BCUT2D eigenvalue weighted by molar-refractivity contribution is 15.0. The molecule has 0 amide bonds. The van der Waals surface area contributed by atoms with Crippen LogP contribution in [0.1, 0.15) is 13.8 Å². The quantitative estimate of drug-likeness (QED) is 0.524. The highest BCUT2D eigenvalue weighted by Gasteiger charge is 2.28. The molecule has 0 aliphatic carbocycles. The Kier molecular flexibility index (Phi) is 8.05. The van der Waals surface area contributed by atoms with Crippen molar-refractivity contribution < 1.29 is 14.1 Å². The molecule has 0 saturated carbocycles. The van der Waals surface area contributed by atoms with E-state index in [0.717, 1.165) is 0 Å². The fourth-order valence-electron chi connectivity index (χ4n) is 0.583. The smallest absolute Gasteiger partial charge is 0.324 e. The molecule has 80 valence electrons. The average Bonchev–Trinajstić information content (AvgIpc) is 1.86. The monoisotopic (exact) mass is 433 g/mol. The lowest BCUT2D eigenvalue weighted by Crippen LogP contribution is -2.49. The number of hydrogen-bond acceptors (Lipinski definition) is 2. The summed E-state index contributed by atoms with van der Waals surface area (Å²) in [7, 11) is -2.46. The Morgan fingerprint density at radius 3 is 1.92 bits per heavy atom. The van der Waals surface area contributed by atoms with Crippen molar-refractivity contribution in [2.45, 2.75) is 19.4 Å². The van der Waals surface area contributed by atoms with E-state index in [9.17, 15) is 9.00 Å². The minimum atomic E-state index is -2.46. The minimum absolute atomic E-state index is 1.05. The molecule has 7 heteroatoms. The molecule has 0 aromatic carbocycles. The van der Waals surface area contributed by atoms with Crippen molar-refractivity contribution in [1.82, 2.24) is 4.72 Å². The first-order chi connectivity index (χ1) is 5.65. The van der Waals surface area contributed by atoms with Crippen molar-refractivity contribution >= 4 is 58.8 Å². The van der Waals surface area contributed by atoms with E-state index >= 15 is 0 Å². The van der Waals surface area contributed by atoms with Crippen LogP contribution in [-0.2, 0) is 14.5 Å². The number of aliphatic carboxylic acids is 1. The lowest BCUT2D eigenvalue weighted by Gasteiger charge is -2.21. The van der Waals surface area contributed by atoms with Crippen LogP contribution in [0.2, 0.25) is 0 Å². The van der Waals surface area contributed by atoms with Crippen LogP contribution >= 0.6 is 37.2 Å². The number of carbonyl (C=O) groups is 1. The number of nitrogens with one attached hydrogen (secondary N) is 1. The Morgan fingerprint density at radius 2 is 1.85 bits per heavy atom. The lowest BCUT2D eigenvalue weighted by atomic mass is 10.1. The van der Waals surface area contributed by atoms with Crippen molar-refractivity contribution in [3.05, 3.63) is 0 Å². The van der Waals surface area contributed by atoms with Crippen molar-refractivity contribution in [1.29, 1.82) is 0 Å². The van der Waals surface area contributed by atoms with Gasteiger partial charge in [0.15, 0.2) is 0 Å². The Bertz CT molecular complexity index is 261. The molecule has 1 atom stereocenters. The SMILES string of the molecule is C=S(C)(=O)NC(C)(C)C(=O)O.II. The van der Waals surface area contributed by atoms with Gasteiger partial charge in [-0.1, -0.05) is 0 Å². The summed E-state index contributed by atoms with van der Waals surface area (Å²) in [6, 6.07) is 0. The van der Waals surface area contributed by atoms with E-state index in [1.807, 2.05) is 0 Å². The first-order valence-electron chi connectivity index (χ1n) is 3.14. The van der Waals surface area contributed by atoms with Crippen molar-refractivity contribution in [2.75, 3.05) is 6.26 Å². The standard InChI is InChI=1S/C6H13NO3S.I2/c1-6(2,5(8)9)7-11(3,4)10;1-2/h3H2,1-2,4H3,(H,7,10)(H,8,9);. The Balaban J connectivity index is 0. The van der Waals surface area contributed by atoms with E-state index in [-0.39, 0.29) is 0 Å². The fraction of sp³-hybridized carbons (Fsp3) is 0.667. The maximum absolute atomic E-state index is 11.0. The van der Waals surface area contributed by atoms with Gasteiger partial charge in [-0.05, 0) is 19.7 Å². The molecule has 0 radical (unpaired) electrons. The van der Waals surface area contributed by atoms with E-state index < -0.39 is 21.2 Å². The van der Waals surface area contributed by atoms with Gasteiger partial charge in [-0.15, -0.1) is 0 Å². The van der Waals surface area contributed by atoms with Gasteiger partial charge in [-0.3, -0.25) is 9.00 Å². The third-order valence-electron chi connectivity index (χ3n) is 1.01. The molecule has 0 saturated heterocycles. The first-order valence-corrected chi connectivity index (χ1v) is 11.6. The van der Waals surface area contributed by atoms with Crippen LogP contribution in [0.3, 0.4) is 0 Å². The summed E-state index contributed by atoms with van der Waals surface area (Å²) in [5.41, 5.74) is -1.19. The zero-order chi connectivity index (χ0) is 11.3. The lowest BCUT2D eigenvalue weighted by molar-refractivity contribution is -0.142. The van der Waals surface area contributed by atoms with E-state index in [1.165, 1.54) is 20.1 Å². The molecule has 0 bridgehead atoms. The molecule has 2 N–H and O–H groups in total. The number of carboxylic acids is 1. The molecular formula is C6H13I2NO3S. The Hall–Kier alpha value is 0.910. The highest BCUT2D eigenvalue weighted by atomic mass is 128. The predicted molar refractivity (Wildman–Crippen MR) is 74.1 cm³/mol. The third-order valence-corrected chi connectivity index (χ3v) is 1.95. The molecule has 0 aliphatic rings. The topological polar surface area (TPSA) is 66.4 Å². The van der Waals surface area contributed by atoms with Crippen molar-refractivity contribution in [2.24, 2.45) is 0 Å². The van der Waals surface area contributed by atoms with Crippen LogP contribution < -0.4 is 4.72 Å². The Morgan fingerprint density at radius 1 is 1.54 bits per heavy atom. The molecule has 0 aromatic heterocycles. The van der Waals surface area contributed by atoms with Gasteiger partial charge in [0.1, 0.15) is 5.54 Å². The summed E-state index contributed by atoms with van der Waals surface area (Å²) in [4.78, 5) is 10.5. The summed E-state index contributed by atoms with van der Waals surface area (Å²) in [6.07, 6.45) is 1.36. The molecule has 4 nitrogen and oxygen atoms in total.